The number of carbonyl (C=O) groups is 2. The van der Waals surface area contributed by atoms with Crippen molar-refractivity contribution in [1.82, 2.24) is 9.78 Å². The summed E-state index contributed by atoms with van der Waals surface area (Å²) < 4.78 is 6.36. The van der Waals surface area contributed by atoms with Crippen LogP contribution in [0.4, 0.5) is 0 Å². The number of carbonyl (C=O) groups excluding carboxylic acids is 2. The van der Waals surface area contributed by atoms with Crippen LogP contribution in [0.2, 0.25) is 0 Å². The Balaban J connectivity index is 2.32. The van der Waals surface area contributed by atoms with Gasteiger partial charge in [-0.05, 0) is 37.1 Å². The van der Waals surface area contributed by atoms with Crippen molar-refractivity contribution >= 4 is 11.7 Å². The molecule has 122 valence electrons. The van der Waals surface area contributed by atoms with Crippen molar-refractivity contribution in [2.24, 2.45) is 0 Å². The number of benzene rings is 1. The van der Waals surface area contributed by atoms with Gasteiger partial charge in [0.05, 0.1) is 18.4 Å². The molecule has 5 heteroatoms. The Labute approximate surface area is 136 Å². The zero-order valence-corrected chi connectivity index (χ0v) is 13.8. The molecule has 2 aromatic rings. The van der Waals surface area contributed by atoms with E-state index in [9.17, 15) is 9.59 Å². The monoisotopic (exact) mass is 314 g/mol. The van der Waals surface area contributed by atoms with Gasteiger partial charge < -0.3 is 4.74 Å². The van der Waals surface area contributed by atoms with E-state index in [1.165, 1.54) is 4.68 Å². The molecule has 0 saturated carbocycles. The predicted octanol–water partition coefficient (Wildman–Crippen LogP) is 3.52. The summed E-state index contributed by atoms with van der Waals surface area (Å²) in [5.41, 5.74) is 1.77. The summed E-state index contributed by atoms with van der Waals surface area (Å²) in [5, 5.41) is 4.34. The fourth-order valence-corrected chi connectivity index (χ4v) is 2.40. The van der Waals surface area contributed by atoms with E-state index in [0.29, 0.717) is 35.4 Å². The molecule has 2 rings (SSSR count). The number of hydrogen-bond donors (Lipinski definition) is 0. The summed E-state index contributed by atoms with van der Waals surface area (Å²) in [6, 6.07) is 6.84. The molecule has 1 heterocycles. The van der Waals surface area contributed by atoms with E-state index in [0.717, 1.165) is 12.8 Å². The zero-order valence-electron chi connectivity index (χ0n) is 13.8. The number of hydrogen-bond acceptors (Lipinski definition) is 4. The highest BCUT2D eigenvalue weighted by Crippen LogP contribution is 2.16. The number of nitrogens with zero attached hydrogens (tertiary/aromatic N) is 2. The van der Waals surface area contributed by atoms with Crippen molar-refractivity contribution in [3.63, 3.8) is 0 Å². The minimum Gasteiger partial charge on any atom is -0.497 e. The number of rotatable bonds is 7. The number of ketones is 1. The van der Waals surface area contributed by atoms with Crippen molar-refractivity contribution in [1.29, 1.82) is 0 Å². The smallest absolute Gasteiger partial charge is 0.278 e. The maximum Gasteiger partial charge on any atom is 0.278 e. The lowest BCUT2D eigenvalue weighted by molar-refractivity contribution is 0.0944. The van der Waals surface area contributed by atoms with Crippen LogP contribution in [0.3, 0.4) is 0 Å². The van der Waals surface area contributed by atoms with Crippen LogP contribution in [0.1, 0.15) is 59.5 Å². The number of ether oxygens (including phenoxy) is 1. The summed E-state index contributed by atoms with van der Waals surface area (Å²) in [4.78, 5) is 24.8. The molecular formula is C18H22N2O3. The summed E-state index contributed by atoms with van der Waals surface area (Å²) in [5.74, 6) is 0.484. The maximum absolute atomic E-state index is 12.5. The fourth-order valence-electron chi connectivity index (χ4n) is 2.40. The molecule has 0 aliphatic heterocycles. The average molecular weight is 314 g/mol. The van der Waals surface area contributed by atoms with Crippen LogP contribution >= 0.6 is 0 Å². The van der Waals surface area contributed by atoms with Gasteiger partial charge >= 0.3 is 0 Å². The molecule has 0 aliphatic carbocycles. The summed E-state index contributed by atoms with van der Waals surface area (Å²) in [6.45, 7) is 3.99. The standard InChI is InChI=1S/C18H22N2O3/c1-4-6-16-15(17(21)7-5-2)12-20(19-16)18(22)13-8-10-14(23-3)11-9-13/h8-12H,4-7H2,1-3H3. The molecule has 0 unspecified atom stereocenters. The van der Waals surface area contributed by atoms with Gasteiger partial charge in [0.2, 0.25) is 0 Å². The number of methoxy groups -OCH3 is 1. The molecule has 0 saturated heterocycles. The van der Waals surface area contributed by atoms with Gasteiger partial charge in [-0.1, -0.05) is 20.3 Å². The van der Waals surface area contributed by atoms with Crippen LogP contribution in [0.25, 0.3) is 0 Å². The van der Waals surface area contributed by atoms with Gasteiger partial charge in [0.1, 0.15) is 5.75 Å². The summed E-state index contributed by atoms with van der Waals surface area (Å²) in [6.07, 6.45) is 4.38. The van der Waals surface area contributed by atoms with Gasteiger partial charge in [-0.3, -0.25) is 9.59 Å². The van der Waals surface area contributed by atoms with Crippen LogP contribution in [0, 0.1) is 0 Å². The Hall–Kier alpha value is -2.43. The first-order chi connectivity index (χ1) is 11.1. The van der Waals surface area contributed by atoms with Gasteiger partial charge in [0.25, 0.3) is 5.91 Å². The molecule has 0 aliphatic rings. The predicted molar refractivity (Wildman–Crippen MR) is 88.2 cm³/mol. The zero-order chi connectivity index (χ0) is 16.8. The molecule has 0 spiro atoms. The van der Waals surface area contributed by atoms with Gasteiger partial charge in [-0.2, -0.15) is 5.10 Å². The van der Waals surface area contributed by atoms with E-state index in [1.807, 2.05) is 13.8 Å². The first-order valence-corrected chi connectivity index (χ1v) is 7.91. The van der Waals surface area contributed by atoms with Crippen molar-refractivity contribution in [2.75, 3.05) is 7.11 Å². The minimum atomic E-state index is -0.249. The number of aromatic nitrogens is 2. The molecule has 0 radical (unpaired) electrons. The fraction of sp³-hybridized carbons (Fsp3) is 0.389. The largest absolute Gasteiger partial charge is 0.497 e. The normalized spacial score (nSPS) is 10.6. The Morgan fingerprint density at radius 2 is 1.83 bits per heavy atom. The van der Waals surface area contributed by atoms with Gasteiger partial charge in [-0.15, -0.1) is 0 Å². The van der Waals surface area contributed by atoms with Gasteiger partial charge in [0.15, 0.2) is 5.78 Å². The van der Waals surface area contributed by atoms with Crippen LogP contribution in [0.15, 0.2) is 30.5 Å². The highest BCUT2D eigenvalue weighted by molar-refractivity contribution is 6.00. The molecule has 0 amide bonds. The van der Waals surface area contributed by atoms with Gasteiger partial charge in [0, 0.05) is 18.2 Å². The first kappa shape index (κ1) is 16.9. The molecular weight excluding hydrogens is 292 g/mol. The lowest BCUT2D eigenvalue weighted by Crippen LogP contribution is -2.12. The molecule has 23 heavy (non-hydrogen) atoms. The second kappa shape index (κ2) is 7.72. The molecule has 0 bridgehead atoms. The Kier molecular flexibility index (Phi) is 5.68. The highest BCUT2D eigenvalue weighted by atomic mass is 16.5. The van der Waals surface area contributed by atoms with Crippen LogP contribution in [0.5, 0.6) is 5.75 Å². The second-order valence-corrected chi connectivity index (χ2v) is 5.39. The highest BCUT2D eigenvalue weighted by Gasteiger charge is 2.18. The third-order valence-electron chi connectivity index (χ3n) is 3.60. The molecule has 0 fully saturated rings. The Bertz CT molecular complexity index is 687. The van der Waals surface area contributed by atoms with E-state index in [-0.39, 0.29) is 11.7 Å². The van der Waals surface area contributed by atoms with E-state index < -0.39 is 0 Å². The maximum atomic E-state index is 12.5. The van der Waals surface area contributed by atoms with E-state index in [2.05, 4.69) is 5.10 Å². The average Bonchev–Trinajstić information content (AvgIpc) is 2.99. The SMILES string of the molecule is CCCC(=O)c1cn(C(=O)c2ccc(OC)cc2)nc1CCC. The lowest BCUT2D eigenvalue weighted by atomic mass is 10.1. The van der Waals surface area contributed by atoms with Crippen LogP contribution in [-0.2, 0) is 6.42 Å². The molecule has 1 aromatic heterocycles. The minimum absolute atomic E-state index is 0.0460. The summed E-state index contributed by atoms with van der Waals surface area (Å²) in [7, 11) is 1.58. The topological polar surface area (TPSA) is 61.2 Å². The molecule has 5 nitrogen and oxygen atoms in total. The molecule has 0 N–H and O–H groups in total. The molecule has 1 aromatic carbocycles. The van der Waals surface area contributed by atoms with Gasteiger partial charge in [-0.25, -0.2) is 4.68 Å². The second-order valence-electron chi connectivity index (χ2n) is 5.39. The van der Waals surface area contributed by atoms with E-state index in [1.54, 1.807) is 37.6 Å². The lowest BCUT2D eigenvalue weighted by Gasteiger charge is -2.02. The number of Topliss-reactive ketones (excluding diaryl/α,β-unsaturated/α-hetero) is 1. The Morgan fingerprint density at radius 1 is 1.13 bits per heavy atom. The Morgan fingerprint density at radius 3 is 2.39 bits per heavy atom. The van der Waals surface area contributed by atoms with Crippen molar-refractivity contribution in [2.45, 2.75) is 39.5 Å². The third-order valence-corrected chi connectivity index (χ3v) is 3.60. The van der Waals surface area contributed by atoms with Crippen molar-refractivity contribution in [3.8, 4) is 5.75 Å². The van der Waals surface area contributed by atoms with Crippen molar-refractivity contribution < 1.29 is 14.3 Å². The van der Waals surface area contributed by atoms with Crippen LogP contribution in [-0.4, -0.2) is 28.6 Å². The molecule has 0 atom stereocenters. The first-order valence-electron chi connectivity index (χ1n) is 7.91. The third kappa shape index (κ3) is 3.86. The summed E-state index contributed by atoms with van der Waals surface area (Å²) >= 11 is 0. The van der Waals surface area contributed by atoms with Crippen LogP contribution < -0.4 is 4.74 Å². The number of aryl methyl sites for hydroxylation is 1. The van der Waals surface area contributed by atoms with E-state index >= 15 is 0 Å². The quantitative estimate of drug-likeness (QED) is 0.734. The van der Waals surface area contributed by atoms with Crippen molar-refractivity contribution in [3.05, 3.63) is 47.3 Å². The van der Waals surface area contributed by atoms with E-state index in [4.69, 9.17) is 4.74 Å².